The molecule has 1 unspecified atom stereocenters. The highest BCUT2D eigenvalue weighted by Crippen LogP contribution is 2.24. The third-order valence-corrected chi connectivity index (χ3v) is 2.84. The molecule has 0 bridgehead atoms. The number of carbonyl (C=O) groups is 1. The first-order chi connectivity index (χ1) is 10.0. The van der Waals surface area contributed by atoms with Crippen molar-refractivity contribution in [2.45, 2.75) is 19.5 Å². The fraction of sp³-hybridized carbons (Fsp3) is 0.200. The summed E-state index contributed by atoms with van der Waals surface area (Å²) in [6, 6.07) is 8.86. The van der Waals surface area contributed by atoms with Gasteiger partial charge in [0.2, 0.25) is 0 Å². The van der Waals surface area contributed by atoms with Gasteiger partial charge >= 0.3 is 6.61 Å². The van der Waals surface area contributed by atoms with Crippen molar-refractivity contribution in [1.82, 2.24) is 0 Å². The second kappa shape index (κ2) is 6.18. The Balaban J connectivity index is 2.21. The van der Waals surface area contributed by atoms with Crippen LogP contribution in [0.5, 0.6) is 5.75 Å². The molecule has 1 atom stereocenters. The molecule has 0 aliphatic heterocycles. The number of rotatable bonds is 5. The molecule has 6 heteroatoms. The van der Waals surface area contributed by atoms with Gasteiger partial charge < -0.3 is 9.15 Å². The van der Waals surface area contributed by atoms with Crippen LogP contribution in [0.15, 0.2) is 41.0 Å². The summed E-state index contributed by atoms with van der Waals surface area (Å²) in [7, 11) is 0. The Hall–Kier alpha value is -2.68. The van der Waals surface area contributed by atoms with Crippen molar-refractivity contribution >= 4 is 5.78 Å². The van der Waals surface area contributed by atoms with Crippen LogP contribution < -0.4 is 4.74 Å². The predicted octanol–water partition coefficient (Wildman–Crippen LogP) is 3.68. The van der Waals surface area contributed by atoms with Crippen molar-refractivity contribution in [3.05, 3.63) is 53.5 Å². The Morgan fingerprint density at radius 1 is 1.33 bits per heavy atom. The van der Waals surface area contributed by atoms with Crippen LogP contribution in [0, 0.1) is 18.3 Å². The van der Waals surface area contributed by atoms with Gasteiger partial charge in [-0.15, -0.1) is 0 Å². The fourth-order valence-electron chi connectivity index (χ4n) is 1.87. The van der Waals surface area contributed by atoms with Crippen molar-refractivity contribution in [1.29, 1.82) is 5.26 Å². The zero-order chi connectivity index (χ0) is 15.4. The Labute approximate surface area is 119 Å². The molecule has 0 aliphatic rings. The molecule has 0 saturated heterocycles. The third kappa shape index (κ3) is 3.45. The lowest BCUT2D eigenvalue weighted by molar-refractivity contribution is -0.0498. The van der Waals surface area contributed by atoms with Crippen LogP contribution in [-0.4, -0.2) is 12.4 Å². The summed E-state index contributed by atoms with van der Waals surface area (Å²) in [5.74, 6) is -0.896. The minimum Gasteiger partial charge on any atom is -0.469 e. The van der Waals surface area contributed by atoms with Gasteiger partial charge in [0, 0.05) is 0 Å². The third-order valence-electron chi connectivity index (χ3n) is 2.84. The highest BCUT2D eigenvalue weighted by molar-refractivity contribution is 6.02. The predicted molar refractivity (Wildman–Crippen MR) is 69.2 cm³/mol. The second-order valence-corrected chi connectivity index (χ2v) is 4.32. The van der Waals surface area contributed by atoms with E-state index in [9.17, 15) is 18.8 Å². The molecule has 1 heterocycles. The Kier molecular flexibility index (Phi) is 4.33. The molecule has 0 radical (unpaired) electrons. The first-order valence-corrected chi connectivity index (χ1v) is 6.05. The van der Waals surface area contributed by atoms with E-state index >= 15 is 0 Å². The molecule has 1 aromatic heterocycles. The number of alkyl halides is 2. The van der Waals surface area contributed by atoms with Crippen LogP contribution in [0.25, 0.3) is 0 Å². The highest BCUT2D eigenvalue weighted by atomic mass is 19.3. The minimum absolute atomic E-state index is 0.0305. The topological polar surface area (TPSA) is 63.2 Å². The lowest BCUT2D eigenvalue weighted by atomic mass is 9.93. The van der Waals surface area contributed by atoms with Crippen molar-refractivity contribution in [2.75, 3.05) is 0 Å². The Bertz CT molecular complexity index is 671. The van der Waals surface area contributed by atoms with Crippen LogP contribution in [-0.2, 0) is 0 Å². The van der Waals surface area contributed by atoms with E-state index in [0.717, 1.165) is 0 Å². The maximum atomic E-state index is 12.2. The van der Waals surface area contributed by atoms with Crippen molar-refractivity contribution in [2.24, 2.45) is 0 Å². The van der Waals surface area contributed by atoms with Gasteiger partial charge in [-0.05, 0) is 30.7 Å². The van der Waals surface area contributed by atoms with Crippen LogP contribution in [0.3, 0.4) is 0 Å². The van der Waals surface area contributed by atoms with Crippen molar-refractivity contribution in [3.8, 4) is 11.8 Å². The number of ether oxygens (including phenoxy) is 1. The van der Waals surface area contributed by atoms with Crippen LogP contribution in [0.1, 0.15) is 27.6 Å². The number of nitrogens with zero attached hydrogens (tertiary/aromatic N) is 1. The zero-order valence-electron chi connectivity index (χ0n) is 11.0. The quantitative estimate of drug-likeness (QED) is 0.788. The van der Waals surface area contributed by atoms with Gasteiger partial charge in [-0.25, -0.2) is 0 Å². The zero-order valence-corrected chi connectivity index (χ0v) is 11.0. The molecular formula is C15H11F2NO3. The number of Topliss-reactive ketones (excluding diaryl/α,β-unsaturated/α-hetero) is 1. The fourth-order valence-corrected chi connectivity index (χ4v) is 1.87. The minimum atomic E-state index is -2.92. The van der Waals surface area contributed by atoms with E-state index in [-0.39, 0.29) is 5.75 Å². The summed E-state index contributed by atoms with van der Waals surface area (Å²) in [6.07, 6.45) is 1.29. The summed E-state index contributed by atoms with van der Waals surface area (Å²) < 4.78 is 33.4. The van der Waals surface area contributed by atoms with Gasteiger partial charge in [0.15, 0.2) is 5.78 Å². The molecule has 1 aromatic carbocycles. The number of hydrogen-bond donors (Lipinski definition) is 0. The smallest absolute Gasteiger partial charge is 0.387 e. The van der Waals surface area contributed by atoms with Crippen LogP contribution in [0.2, 0.25) is 0 Å². The first-order valence-electron chi connectivity index (χ1n) is 6.05. The summed E-state index contributed by atoms with van der Waals surface area (Å²) in [6.45, 7) is -1.23. The highest BCUT2D eigenvalue weighted by Gasteiger charge is 2.23. The first kappa shape index (κ1) is 14.7. The Morgan fingerprint density at radius 2 is 2.00 bits per heavy atom. The SMILES string of the molecule is Cc1cc(C(=O)C(C#N)c2ccc(OC(F)F)cc2)co1. The molecular weight excluding hydrogens is 280 g/mol. The number of hydrogen-bond acceptors (Lipinski definition) is 4. The number of benzene rings is 1. The summed E-state index contributed by atoms with van der Waals surface area (Å²) in [5, 5.41) is 9.18. The van der Waals surface area contributed by atoms with E-state index in [1.54, 1.807) is 13.0 Å². The number of carbonyl (C=O) groups excluding carboxylic acids is 1. The van der Waals surface area contributed by atoms with E-state index in [0.29, 0.717) is 16.9 Å². The molecule has 2 rings (SSSR count). The lowest BCUT2D eigenvalue weighted by Crippen LogP contribution is -2.10. The van der Waals surface area contributed by atoms with Gasteiger partial charge in [0.1, 0.15) is 23.7 Å². The van der Waals surface area contributed by atoms with Gasteiger partial charge in [0.05, 0.1) is 11.6 Å². The maximum Gasteiger partial charge on any atom is 0.387 e. The molecule has 0 spiro atoms. The largest absolute Gasteiger partial charge is 0.469 e. The molecule has 0 saturated carbocycles. The number of ketones is 1. The molecule has 4 nitrogen and oxygen atoms in total. The van der Waals surface area contributed by atoms with E-state index in [1.807, 2.05) is 6.07 Å². The second-order valence-electron chi connectivity index (χ2n) is 4.32. The number of nitriles is 1. The van der Waals surface area contributed by atoms with E-state index in [2.05, 4.69) is 4.74 Å². The summed E-state index contributed by atoms with van der Waals surface area (Å²) >= 11 is 0. The molecule has 0 aliphatic carbocycles. The molecule has 0 fully saturated rings. The monoisotopic (exact) mass is 291 g/mol. The summed E-state index contributed by atoms with van der Waals surface area (Å²) in [5.41, 5.74) is 0.704. The standard InChI is InChI=1S/C15H11F2NO3/c1-9-6-11(8-20-9)14(19)13(7-18)10-2-4-12(5-3-10)21-15(16)17/h2-6,8,13,15H,1H3. The molecule has 2 aromatic rings. The molecule has 0 N–H and O–H groups in total. The Morgan fingerprint density at radius 3 is 2.48 bits per heavy atom. The normalized spacial score (nSPS) is 12.0. The van der Waals surface area contributed by atoms with E-state index < -0.39 is 18.3 Å². The van der Waals surface area contributed by atoms with E-state index in [1.165, 1.54) is 30.5 Å². The van der Waals surface area contributed by atoms with E-state index in [4.69, 9.17) is 4.42 Å². The number of halogens is 2. The molecule has 0 amide bonds. The van der Waals surface area contributed by atoms with Crippen LogP contribution in [0.4, 0.5) is 8.78 Å². The van der Waals surface area contributed by atoms with Gasteiger partial charge in [-0.3, -0.25) is 4.79 Å². The average molecular weight is 291 g/mol. The molecule has 108 valence electrons. The van der Waals surface area contributed by atoms with Gasteiger partial charge in [-0.1, -0.05) is 12.1 Å². The lowest BCUT2D eigenvalue weighted by Gasteiger charge is -2.09. The number of furan rings is 1. The van der Waals surface area contributed by atoms with Crippen LogP contribution >= 0.6 is 0 Å². The average Bonchev–Trinajstić information content (AvgIpc) is 2.87. The van der Waals surface area contributed by atoms with Gasteiger partial charge in [-0.2, -0.15) is 14.0 Å². The molecule has 21 heavy (non-hydrogen) atoms. The maximum absolute atomic E-state index is 12.2. The van der Waals surface area contributed by atoms with Crippen molar-refractivity contribution < 1.29 is 22.7 Å². The van der Waals surface area contributed by atoms with Crippen molar-refractivity contribution in [3.63, 3.8) is 0 Å². The van der Waals surface area contributed by atoms with Gasteiger partial charge in [0.25, 0.3) is 0 Å². The summed E-state index contributed by atoms with van der Waals surface area (Å²) in [4.78, 5) is 12.2. The number of aryl methyl sites for hydroxylation is 1.